The minimum Gasteiger partial charge on any atom is -0.483 e. The van der Waals surface area contributed by atoms with Crippen molar-refractivity contribution in [3.63, 3.8) is 0 Å². The molecule has 0 bridgehead atoms. The van der Waals surface area contributed by atoms with E-state index in [9.17, 15) is 14.7 Å². The summed E-state index contributed by atoms with van der Waals surface area (Å²) < 4.78 is 1.52. The van der Waals surface area contributed by atoms with Crippen LogP contribution in [-0.4, -0.2) is 61.2 Å². The molecule has 0 radical (unpaired) electrons. The minimum absolute atomic E-state index is 0.0369. The summed E-state index contributed by atoms with van der Waals surface area (Å²) in [6.45, 7) is 0.924. The van der Waals surface area contributed by atoms with Crippen LogP contribution >= 0.6 is 0 Å². The highest BCUT2D eigenvalue weighted by Gasteiger charge is 2.33. The van der Waals surface area contributed by atoms with Crippen molar-refractivity contribution in [1.29, 1.82) is 0 Å². The zero-order valence-electron chi connectivity index (χ0n) is 14.7. The third kappa shape index (κ3) is 6.00. The molecule has 9 nitrogen and oxygen atoms in total. The number of nitrogens with zero attached hydrogens (tertiary/aromatic N) is 4. The van der Waals surface area contributed by atoms with Gasteiger partial charge >= 0.3 is 0 Å². The molecule has 27 heavy (non-hydrogen) atoms. The standard InChI is InChI=1S/C17H20N4O3.CH2O2/c22-15-12-21(11-13(15)9-14-10-18-5-6-19-14)17(24)4-8-20-7-2-1-3-16(20)23;2-1-3/h1-3,5-7,10,13,15,22H,4,8-9,11-12H2;1H,(H,2,3)/t13-,15-;/m1./s1. The number of rotatable bonds is 5. The van der Waals surface area contributed by atoms with Gasteiger partial charge in [-0.25, -0.2) is 0 Å². The third-order valence-electron chi connectivity index (χ3n) is 4.31. The van der Waals surface area contributed by atoms with Crippen molar-refractivity contribution in [2.75, 3.05) is 13.1 Å². The van der Waals surface area contributed by atoms with Gasteiger partial charge in [0.25, 0.3) is 12.0 Å². The number of aromatic nitrogens is 3. The van der Waals surface area contributed by atoms with Crippen LogP contribution in [0.25, 0.3) is 0 Å². The number of hydrogen-bond donors (Lipinski definition) is 2. The maximum absolute atomic E-state index is 12.3. The number of aryl methyl sites for hydroxylation is 1. The van der Waals surface area contributed by atoms with E-state index in [0.29, 0.717) is 26.1 Å². The topological polar surface area (TPSA) is 126 Å². The van der Waals surface area contributed by atoms with Gasteiger partial charge in [0.2, 0.25) is 5.91 Å². The monoisotopic (exact) mass is 374 g/mol. The summed E-state index contributed by atoms with van der Waals surface area (Å²) in [6, 6.07) is 4.91. The minimum atomic E-state index is -0.560. The number of aliphatic hydroxyl groups excluding tert-OH is 1. The Morgan fingerprint density at radius 3 is 2.74 bits per heavy atom. The van der Waals surface area contributed by atoms with Crippen molar-refractivity contribution >= 4 is 12.4 Å². The van der Waals surface area contributed by atoms with Crippen LogP contribution < -0.4 is 5.56 Å². The van der Waals surface area contributed by atoms with E-state index < -0.39 is 6.10 Å². The lowest BCUT2D eigenvalue weighted by Crippen LogP contribution is -2.31. The number of β-amino-alcohol motifs (C(OH)–C–C–N with tert-alkyl or cyclic N) is 1. The molecule has 1 amide bonds. The lowest BCUT2D eigenvalue weighted by Gasteiger charge is -2.16. The molecule has 0 aromatic carbocycles. The van der Waals surface area contributed by atoms with Gasteiger partial charge in [0.05, 0.1) is 11.8 Å². The lowest BCUT2D eigenvalue weighted by molar-refractivity contribution is -0.130. The molecule has 0 unspecified atom stereocenters. The molecule has 3 rings (SSSR count). The van der Waals surface area contributed by atoms with Gasteiger partial charge < -0.3 is 19.7 Å². The van der Waals surface area contributed by atoms with E-state index >= 15 is 0 Å². The molecule has 1 aliphatic heterocycles. The van der Waals surface area contributed by atoms with Crippen LogP contribution in [0.2, 0.25) is 0 Å². The van der Waals surface area contributed by atoms with Crippen LogP contribution in [0.5, 0.6) is 0 Å². The molecule has 0 saturated carbocycles. The van der Waals surface area contributed by atoms with Crippen molar-refractivity contribution in [2.45, 2.75) is 25.5 Å². The van der Waals surface area contributed by atoms with Gasteiger partial charge in [-0.05, 0) is 12.5 Å². The van der Waals surface area contributed by atoms with Gasteiger partial charge in [-0.3, -0.25) is 24.4 Å². The van der Waals surface area contributed by atoms with Crippen LogP contribution in [0.3, 0.4) is 0 Å². The maximum atomic E-state index is 12.3. The summed E-state index contributed by atoms with van der Waals surface area (Å²) in [7, 11) is 0. The number of carbonyl (C=O) groups is 2. The van der Waals surface area contributed by atoms with E-state index in [0.717, 1.165) is 5.69 Å². The molecule has 1 aliphatic rings. The molecule has 3 heterocycles. The maximum Gasteiger partial charge on any atom is 0.290 e. The molecule has 1 saturated heterocycles. The number of carbonyl (C=O) groups excluding carboxylic acids is 1. The summed E-state index contributed by atoms with van der Waals surface area (Å²) >= 11 is 0. The van der Waals surface area contributed by atoms with Gasteiger partial charge in [0.15, 0.2) is 0 Å². The van der Waals surface area contributed by atoms with E-state index in [1.165, 1.54) is 10.6 Å². The Hall–Kier alpha value is -3.07. The quantitative estimate of drug-likeness (QED) is 0.694. The molecule has 2 atom stereocenters. The van der Waals surface area contributed by atoms with E-state index in [4.69, 9.17) is 9.90 Å². The predicted octanol–water partition coefficient (Wildman–Crippen LogP) is -0.209. The molecular formula is C18H22N4O5. The second kappa shape index (κ2) is 10.2. The highest BCUT2D eigenvalue weighted by atomic mass is 16.3. The van der Waals surface area contributed by atoms with E-state index in [1.54, 1.807) is 41.8 Å². The first-order valence-corrected chi connectivity index (χ1v) is 8.49. The second-order valence-electron chi connectivity index (χ2n) is 6.11. The highest BCUT2D eigenvalue weighted by Crippen LogP contribution is 2.21. The number of carboxylic acid groups (broad SMARTS) is 1. The first-order valence-electron chi connectivity index (χ1n) is 8.49. The zero-order chi connectivity index (χ0) is 19.6. The van der Waals surface area contributed by atoms with Crippen molar-refractivity contribution in [3.8, 4) is 0 Å². The Bertz CT molecular complexity index is 796. The molecule has 2 N–H and O–H groups in total. The first kappa shape index (κ1) is 20.2. The van der Waals surface area contributed by atoms with Gasteiger partial charge in [-0.15, -0.1) is 0 Å². The fourth-order valence-corrected chi connectivity index (χ4v) is 2.98. The average Bonchev–Trinajstić information content (AvgIpc) is 3.03. The average molecular weight is 374 g/mol. The van der Waals surface area contributed by atoms with Crippen LogP contribution in [0.4, 0.5) is 0 Å². The largest absolute Gasteiger partial charge is 0.483 e. The molecular weight excluding hydrogens is 352 g/mol. The van der Waals surface area contributed by atoms with Crippen LogP contribution in [0, 0.1) is 5.92 Å². The van der Waals surface area contributed by atoms with Crippen LogP contribution in [-0.2, 0) is 22.6 Å². The van der Waals surface area contributed by atoms with Crippen molar-refractivity contribution in [2.24, 2.45) is 5.92 Å². The van der Waals surface area contributed by atoms with Crippen molar-refractivity contribution in [3.05, 3.63) is 59.0 Å². The third-order valence-corrected chi connectivity index (χ3v) is 4.31. The van der Waals surface area contributed by atoms with E-state index in [1.807, 2.05) is 0 Å². The van der Waals surface area contributed by atoms with Gasteiger partial charge in [0, 0.05) is 62.8 Å². The summed E-state index contributed by atoms with van der Waals surface area (Å²) in [4.78, 5) is 42.3. The molecule has 0 aliphatic carbocycles. The molecule has 1 fully saturated rings. The van der Waals surface area contributed by atoms with Crippen molar-refractivity contribution < 1.29 is 19.8 Å². The number of likely N-dealkylation sites (tertiary alicyclic amines) is 1. The number of pyridine rings is 1. The molecule has 9 heteroatoms. The summed E-state index contributed by atoms with van der Waals surface area (Å²) in [6.07, 6.45) is 6.86. The van der Waals surface area contributed by atoms with Crippen LogP contribution in [0.1, 0.15) is 12.1 Å². The SMILES string of the molecule is O=C(CCn1ccccc1=O)N1C[C@@H](Cc2cnccn2)[C@H](O)C1.O=CO. The number of amides is 1. The second-order valence-corrected chi connectivity index (χ2v) is 6.11. The Morgan fingerprint density at radius 2 is 2.07 bits per heavy atom. The fraction of sp³-hybridized carbons (Fsp3) is 0.389. The van der Waals surface area contributed by atoms with E-state index in [2.05, 4.69) is 9.97 Å². The van der Waals surface area contributed by atoms with Gasteiger partial charge in [0.1, 0.15) is 0 Å². The lowest BCUT2D eigenvalue weighted by atomic mass is 10.0. The summed E-state index contributed by atoms with van der Waals surface area (Å²) in [5.41, 5.74) is 0.693. The number of hydrogen-bond acceptors (Lipinski definition) is 6. The molecule has 2 aromatic rings. The van der Waals surface area contributed by atoms with Gasteiger partial charge in [-0.1, -0.05) is 6.07 Å². The summed E-state index contributed by atoms with van der Waals surface area (Å²) in [5, 5.41) is 17.1. The molecule has 144 valence electrons. The normalized spacial score (nSPS) is 18.5. The number of aliphatic hydroxyl groups is 1. The van der Waals surface area contributed by atoms with Crippen LogP contribution in [0.15, 0.2) is 47.8 Å². The Labute approximate surface area is 155 Å². The van der Waals surface area contributed by atoms with Crippen molar-refractivity contribution in [1.82, 2.24) is 19.4 Å². The Balaban J connectivity index is 0.000000817. The van der Waals surface area contributed by atoms with E-state index in [-0.39, 0.29) is 30.3 Å². The smallest absolute Gasteiger partial charge is 0.290 e. The molecule has 0 spiro atoms. The zero-order valence-corrected chi connectivity index (χ0v) is 14.7. The fourth-order valence-electron chi connectivity index (χ4n) is 2.98. The Kier molecular flexibility index (Phi) is 7.63. The van der Waals surface area contributed by atoms with Gasteiger partial charge in [-0.2, -0.15) is 0 Å². The molecule has 2 aromatic heterocycles. The highest BCUT2D eigenvalue weighted by molar-refractivity contribution is 5.76. The first-order chi connectivity index (χ1) is 13.0. The Morgan fingerprint density at radius 1 is 1.30 bits per heavy atom. The summed E-state index contributed by atoms with van der Waals surface area (Å²) in [5.74, 6) is -0.0865. The predicted molar refractivity (Wildman–Crippen MR) is 95.8 cm³/mol.